The molecule has 1 heterocycles. The Kier molecular flexibility index (Phi) is 5.35. The molecular formula is C19H11F4N3O2. The van der Waals surface area contributed by atoms with Gasteiger partial charge in [-0.05, 0) is 42.5 Å². The van der Waals surface area contributed by atoms with Crippen molar-refractivity contribution in [1.29, 1.82) is 0 Å². The maximum Gasteiger partial charge on any atom is 0.274 e. The summed E-state index contributed by atoms with van der Waals surface area (Å²) >= 11 is 0. The number of hydrogen-bond donors (Lipinski definition) is 2. The summed E-state index contributed by atoms with van der Waals surface area (Å²) in [5.41, 5.74) is -0.829. The fraction of sp³-hybridized carbons (Fsp3) is 0. The van der Waals surface area contributed by atoms with Crippen molar-refractivity contribution in [3.05, 3.63) is 89.3 Å². The minimum absolute atomic E-state index is 0.164. The molecule has 0 unspecified atom stereocenters. The topological polar surface area (TPSA) is 71.1 Å². The van der Waals surface area contributed by atoms with Crippen LogP contribution in [-0.4, -0.2) is 16.8 Å². The Morgan fingerprint density at radius 2 is 1.39 bits per heavy atom. The van der Waals surface area contributed by atoms with Crippen LogP contribution in [0.5, 0.6) is 0 Å². The van der Waals surface area contributed by atoms with Crippen molar-refractivity contribution in [3.8, 4) is 0 Å². The van der Waals surface area contributed by atoms with Crippen LogP contribution < -0.4 is 10.6 Å². The largest absolute Gasteiger partial charge is 0.321 e. The maximum atomic E-state index is 13.7. The van der Waals surface area contributed by atoms with Crippen molar-refractivity contribution in [3.63, 3.8) is 0 Å². The molecule has 0 atom stereocenters. The van der Waals surface area contributed by atoms with E-state index in [-0.39, 0.29) is 17.1 Å². The first-order chi connectivity index (χ1) is 13.3. The van der Waals surface area contributed by atoms with Crippen LogP contribution in [0.25, 0.3) is 0 Å². The number of rotatable bonds is 4. The zero-order valence-electron chi connectivity index (χ0n) is 14.0. The fourth-order valence-corrected chi connectivity index (χ4v) is 2.26. The number of anilines is 2. The molecule has 2 amide bonds. The van der Waals surface area contributed by atoms with Gasteiger partial charge >= 0.3 is 0 Å². The first-order valence-corrected chi connectivity index (χ1v) is 7.84. The van der Waals surface area contributed by atoms with Gasteiger partial charge in [0.15, 0.2) is 17.5 Å². The molecule has 0 spiro atoms. The number of carbonyl (C=O) groups is 2. The highest BCUT2D eigenvalue weighted by Gasteiger charge is 2.18. The lowest BCUT2D eigenvalue weighted by molar-refractivity contribution is 0.101. The van der Waals surface area contributed by atoms with Crippen LogP contribution >= 0.6 is 0 Å². The minimum atomic E-state index is -1.73. The van der Waals surface area contributed by atoms with Crippen LogP contribution in [0.2, 0.25) is 0 Å². The van der Waals surface area contributed by atoms with Crippen LogP contribution in [0.4, 0.5) is 28.9 Å². The van der Waals surface area contributed by atoms with Crippen molar-refractivity contribution in [2.75, 3.05) is 10.6 Å². The molecule has 3 rings (SSSR count). The Morgan fingerprint density at radius 3 is 2.07 bits per heavy atom. The molecule has 0 saturated heterocycles. The summed E-state index contributed by atoms with van der Waals surface area (Å²) in [6.07, 6.45) is 0. The predicted octanol–water partition coefficient (Wildman–Crippen LogP) is 4.14. The molecule has 0 bridgehead atoms. The summed E-state index contributed by atoms with van der Waals surface area (Å²) in [5.74, 6) is -6.89. The van der Waals surface area contributed by atoms with Gasteiger partial charge in [-0.2, -0.15) is 0 Å². The number of hydrogen-bond acceptors (Lipinski definition) is 3. The van der Waals surface area contributed by atoms with Crippen LogP contribution in [-0.2, 0) is 0 Å². The van der Waals surface area contributed by atoms with E-state index >= 15 is 0 Å². The SMILES string of the molecule is O=C(Nc1cccc(F)c1)c1cccc(C(=O)Nc2ccc(F)c(F)c2F)n1. The molecule has 0 aliphatic rings. The molecule has 0 radical (unpaired) electrons. The van der Waals surface area contributed by atoms with Gasteiger partial charge in [-0.15, -0.1) is 0 Å². The Bertz CT molecular complexity index is 1070. The van der Waals surface area contributed by atoms with Gasteiger partial charge in [0, 0.05) is 5.69 Å². The van der Waals surface area contributed by atoms with E-state index < -0.39 is 40.8 Å². The molecule has 0 saturated carbocycles. The number of halogens is 4. The summed E-state index contributed by atoms with van der Waals surface area (Å²) in [6, 6.07) is 10.6. The lowest BCUT2D eigenvalue weighted by Crippen LogP contribution is -2.19. The van der Waals surface area contributed by atoms with E-state index in [1.54, 1.807) is 0 Å². The summed E-state index contributed by atoms with van der Waals surface area (Å²) < 4.78 is 53.1. The summed E-state index contributed by atoms with van der Waals surface area (Å²) in [5, 5.41) is 4.47. The number of nitrogens with one attached hydrogen (secondary N) is 2. The average Bonchev–Trinajstić information content (AvgIpc) is 2.68. The number of benzene rings is 2. The van der Waals surface area contributed by atoms with E-state index in [0.29, 0.717) is 6.07 Å². The van der Waals surface area contributed by atoms with Crippen molar-refractivity contribution >= 4 is 23.2 Å². The lowest BCUT2D eigenvalue weighted by Gasteiger charge is -2.08. The van der Waals surface area contributed by atoms with Crippen molar-refractivity contribution in [1.82, 2.24) is 4.98 Å². The van der Waals surface area contributed by atoms with E-state index in [9.17, 15) is 27.2 Å². The highest BCUT2D eigenvalue weighted by molar-refractivity contribution is 6.06. The van der Waals surface area contributed by atoms with Crippen LogP contribution in [0.15, 0.2) is 54.6 Å². The molecule has 0 aliphatic heterocycles. The maximum absolute atomic E-state index is 13.7. The number of amides is 2. The molecule has 0 aliphatic carbocycles. The number of aromatic nitrogens is 1. The second-order valence-corrected chi connectivity index (χ2v) is 5.55. The normalized spacial score (nSPS) is 10.4. The van der Waals surface area contributed by atoms with Crippen LogP contribution in [0.3, 0.4) is 0 Å². The Balaban J connectivity index is 1.78. The first kappa shape index (κ1) is 19.0. The molecule has 2 aromatic carbocycles. The Hall–Kier alpha value is -3.75. The monoisotopic (exact) mass is 389 g/mol. The van der Waals surface area contributed by atoms with Gasteiger partial charge in [0.1, 0.15) is 17.2 Å². The van der Waals surface area contributed by atoms with Gasteiger partial charge in [0.2, 0.25) is 0 Å². The third-order valence-corrected chi connectivity index (χ3v) is 3.58. The van der Waals surface area contributed by atoms with Crippen LogP contribution in [0, 0.1) is 23.3 Å². The number of pyridine rings is 1. The Labute approximate surface area is 156 Å². The number of carbonyl (C=O) groups excluding carboxylic acids is 2. The third kappa shape index (κ3) is 4.14. The molecule has 1 aromatic heterocycles. The predicted molar refractivity (Wildman–Crippen MR) is 92.9 cm³/mol. The third-order valence-electron chi connectivity index (χ3n) is 3.58. The highest BCUT2D eigenvalue weighted by atomic mass is 19.2. The first-order valence-electron chi connectivity index (χ1n) is 7.84. The van der Waals surface area contributed by atoms with E-state index in [4.69, 9.17) is 0 Å². The second kappa shape index (κ2) is 7.87. The molecule has 9 heteroatoms. The molecule has 3 aromatic rings. The molecule has 28 heavy (non-hydrogen) atoms. The van der Waals surface area contributed by atoms with Crippen molar-refractivity contribution in [2.24, 2.45) is 0 Å². The van der Waals surface area contributed by atoms with Gasteiger partial charge in [0.05, 0.1) is 5.69 Å². The Morgan fingerprint density at radius 1 is 0.750 bits per heavy atom. The van der Waals surface area contributed by atoms with Crippen molar-refractivity contribution in [2.45, 2.75) is 0 Å². The van der Waals surface area contributed by atoms with Gasteiger partial charge < -0.3 is 10.6 Å². The van der Waals surface area contributed by atoms with Gasteiger partial charge in [-0.3, -0.25) is 9.59 Å². The molecule has 5 nitrogen and oxygen atoms in total. The van der Waals surface area contributed by atoms with E-state index in [2.05, 4.69) is 15.6 Å². The lowest BCUT2D eigenvalue weighted by atomic mass is 10.2. The fourth-order valence-electron chi connectivity index (χ4n) is 2.26. The summed E-state index contributed by atoms with van der Waals surface area (Å²) in [6.45, 7) is 0. The smallest absolute Gasteiger partial charge is 0.274 e. The minimum Gasteiger partial charge on any atom is -0.321 e. The molecule has 142 valence electrons. The molecule has 2 N–H and O–H groups in total. The summed E-state index contributed by atoms with van der Waals surface area (Å²) in [7, 11) is 0. The number of nitrogens with zero attached hydrogens (tertiary/aromatic N) is 1. The molecular weight excluding hydrogens is 378 g/mol. The summed E-state index contributed by atoms with van der Waals surface area (Å²) in [4.78, 5) is 28.3. The average molecular weight is 389 g/mol. The van der Waals surface area contributed by atoms with Crippen molar-refractivity contribution < 1.29 is 27.2 Å². The quantitative estimate of drug-likeness (QED) is 0.520. The van der Waals surface area contributed by atoms with Gasteiger partial charge in [0.25, 0.3) is 11.8 Å². The van der Waals surface area contributed by atoms with Crippen LogP contribution in [0.1, 0.15) is 21.0 Å². The highest BCUT2D eigenvalue weighted by Crippen LogP contribution is 2.20. The van der Waals surface area contributed by atoms with E-state index in [1.807, 2.05) is 0 Å². The van der Waals surface area contributed by atoms with Gasteiger partial charge in [-0.25, -0.2) is 22.5 Å². The second-order valence-electron chi connectivity index (χ2n) is 5.55. The van der Waals surface area contributed by atoms with Gasteiger partial charge in [-0.1, -0.05) is 12.1 Å². The zero-order valence-corrected chi connectivity index (χ0v) is 14.0. The van der Waals surface area contributed by atoms with E-state index in [0.717, 1.165) is 12.1 Å². The zero-order chi connectivity index (χ0) is 20.3. The van der Waals surface area contributed by atoms with E-state index in [1.165, 1.54) is 36.4 Å². The standard InChI is InChI=1S/C19H11F4N3O2/c20-10-3-1-4-11(9-10)24-18(27)14-5-2-6-15(25-14)19(28)26-13-8-7-12(21)16(22)17(13)23/h1-9H,(H,24,27)(H,26,28). The molecule has 0 fully saturated rings.